The average Bonchev–Trinajstić information content (AvgIpc) is 3.24. The zero-order valence-corrected chi connectivity index (χ0v) is 37.6. The fourth-order valence-electron chi connectivity index (χ4n) is 6.63. The standard InChI is InChI=1S/C41H47F17N2O7Si/c1-24(2)68(25(3)4,23-20-34(42,43)35(44,45)36(46,47)37(48,49)38(50,51)39(52,53)40(54,55)41(56,57)58)66-22-21-65-30-16-12-27(13-17-30)32(26(5)10-8-7-9-11-31(61)60-63)67-33(62)59-28-14-18-29(64-6)19-15-28/h7-9,11-19,24-26,32,63H,10,20-23H2,1-6H3,(H,59,62)(H,60,61)/b8-7+,11-9+/t26-,32+/m1/s1. The van der Waals surface area contributed by atoms with Crippen molar-refractivity contribution in [3.63, 3.8) is 0 Å². The molecule has 0 saturated carbocycles. The van der Waals surface area contributed by atoms with E-state index in [1.165, 1.54) is 76.7 Å². The number of methoxy groups -OCH3 is 1. The van der Waals surface area contributed by atoms with Gasteiger partial charge in [-0.25, -0.2) is 10.3 Å². The lowest BCUT2D eigenvalue weighted by Crippen LogP contribution is -2.74. The van der Waals surface area contributed by atoms with E-state index in [9.17, 15) is 75.4 Å². The van der Waals surface area contributed by atoms with E-state index in [1.807, 2.05) is 0 Å². The van der Waals surface area contributed by atoms with Gasteiger partial charge in [0.15, 0.2) is 8.32 Å². The predicted molar refractivity (Wildman–Crippen MR) is 212 cm³/mol. The number of hydrogen-bond acceptors (Lipinski definition) is 7. The summed E-state index contributed by atoms with van der Waals surface area (Å²) in [6, 6.07) is 10.7. The fourth-order valence-corrected chi connectivity index (χ4v) is 11.1. The number of hydroxylamine groups is 1. The molecule has 3 N–H and O–H groups in total. The van der Waals surface area contributed by atoms with Crippen molar-refractivity contribution in [2.45, 2.75) is 118 Å². The summed E-state index contributed by atoms with van der Waals surface area (Å²) in [4.78, 5) is 24.2. The first kappa shape index (κ1) is 59.3. The van der Waals surface area contributed by atoms with Gasteiger partial charge in [0.05, 0.1) is 13.7 Å². The molecule has 0 aliphatic heterocycles. The van der Waals surface area contributed by atoms with Crippen LogP contribution in [0.2, 0.25) is 17.1 Å². The van der Waals surface area contributed by atoms with Gasteiger partial charge in [-0.2, -0.15) is 74.6 Å². The normalized spacial score (nSPS) is 15.0. The van der Waals surface area contributed by atoms with Crippen molar-refractivity contribution in [3.8, 4) is 11.5 Å². The molecule has 0 aliphatic rings. The molecular weight excluding hydrogens is 984 g/mol. The molecule has 0 bridgehead atoms. The molecule has 2 amide bonds. The Bertz CT molecular complexity index is 2010. The second-order valence-electron chi connectivity index (χ2n) is 15.8. The second-order valence-corrected chi connectivity index (χ2v) is 20.8. The number of alkyl halides is 17. The third-order valence-electron chi connectivity index (χ3n) is 10.7. The van der Waals surface area contributed by atoms with E-state index in [4.69, 9.17) is 23.8 Å². The highest BCUT2D eigenvalue weighted by atomic mass is 28.4. The highest BCUT2D eigenvalue weighted by molar-refractivity contribution is 6.76. The van der Waals surface area contributed by atoms with Crippen LogP contribution in [-0.2, 0) is 14.0 Å². The highest BCUT2D eigenvalue weighted by Crippen LogP contribution is 2.64. The number of carbonyl (C=O) groups excluding carboxylic acids is 2. The highest BCUT2D eigenvalue weighted by Gasteiger charge is 2.95. The summed E-state index contributed by atoms with van der Waals surface area (Å²) in [7, 11) is -2.58. The summed E-state index contributed by atoms with van der Waals surface area (Å²) in [5.74, 6) is -57.5. The van der Waals surface area contributed by atoms with E-state index in [1.54, 1.807) is 37.3 Å². The van der Waals surface area contributed by atoms with Gasteiger partial charge in [0.1, 0.15) is 24.2 Å². The number of allylic oxidation sites excluding steroid dienone is 3. The SMILES string of the molecule is COc1ccc(NC(=O)O[C@H](c2ccc(OCCO[Si](CCC(F)(F)C(F)(F)C(F)(F)C(F)(F)C(F)(F)C(F)(F)C(F)(F)C(F)(F)F)(C(C)C)C(C)C)cc2)[C@H](C)C/C=C/C=C/C(=O)NO)cc1. The number of halogens is 17. The summed E-state index contributed by atoms with van der Waals surface area (Å²) in [6.45, 7) is 6.01. The van der Waals surface area contributed by atoms with Crippen LogP contribution in [0.4, 0.5) is 85.1 Å². The van der Waals surface area contributed by atoms with Crippen molar-refractivity contribution in [1.29, 1.82) is 0 Å². The largest absolute Gasteiger partial charge is 0.497 e. The summed E-state index contributed by atoms with van der Waals surface area (Å²) in [6.07, 6.45) is -6.43. The molecule has 9 nitrogen and oxygen atoms in total. The van der Waals surface area contributed by atoms with E-state index < -0.39 is 117 Å². The van der Waals surface area contributed by atoms with Gasteiger partial charge < -0.3 is 18.6 Å². The van der Waals surface area contributed by atoms with Crippen LogP contribution in [0.1, 0.15) is 59.1 Å². The smallest absolute Gasteiger partial charge is 0.460 e. The van der Waals surface area contributed by atoms with Gasteiger partial charge in [0, 0.05) is 24.1 Å². The zero-order valence-electron chi connectivity index (χ0n) is 36.6. The molecule has 2 aromatic rings. The van der Waals surface area contributed by atoms with E-state index >= 15 is 8.78 Å². The van der Waals surface area contributed by atoms with Crippen molar-refractivity contribution in [2.75, 3.05) is 25.6 Å². The van der Waals surface area contributed by atoms with Crippen molar-refractivity contribution >= 4 is 26.0 Å². The van der Waals surface area contributed by atoms with Crippen molar-refractivity contribution in [3.05, 3.63) is 78.4 Å². The van der Waals surface area contributed by atoms with Crippen LogP contribution >= 0.6 is 0 Å². The summed E-state index contributed by atoms with van der Waals surface area (Å²) in [5.41, 5.74) is 0.411. The third-order valence-corrected chi connectivity index (χ3v) is 16.4. The Labute approximate surface area is 379 Å². The first-order valence-corrected chi connectivity index (χ1v) is 22.2. The molecular formula is C41H47F17N2O7Si. The molecule has 0 aliphatic carbocycles. The molecule has 2 atom stereocenters. The zero-order chi connectivity index (χ0) is 52.5. The molecule has 27 heteroatoms. The maximum Gasteiger partial charge on any atom is 0.460 e. The van der Waals surface area contributed by atoms with Crippen LogP contribution in [-0.4, -0.2) is 93.5 Å². The second kappa shape index (κ2) is 22.3. The summed E-state index contributed by atoms with van der Waals surface area (Å²) in [5, 5.41) is 11.2. The fraction of sp³-hybridized carbons (Fsp3) is 0.561. The number of amides is 2. The number of rotatable bonds is 25. The lowest BCUT2D eigenvalue weighted by atomic mass is 9.88. The number of nitrogens with one attached hydrogen (secondary N) is 2. The third kappa shape index (κ3) is 12.5. The molecule has 386 valence electrons. The lowest BCUT2D eigenvalue weighted by molar-refractivity contribution is -0.461. The summed E-state index contributed by atoms with van der Waals surface area (Å²) >= 11 is 0. The van der Waals surface area contributed by atoms with Gasteiger partial charge in [-0.3, -0.25) is 15.3 Å². The average molecular weight is 1030 g/mol. The van der Waals surface area contributed by atoms with Crippen molar-refractivity contribution in [2.24, 2.45) is 5.92 Å². The maximum atomic E-state index is 15.0. The van der Waals surface area contributed by atoms with Crippen LogP contribution in [0.5, 0.6) is 11.5 Å². The minimum Gasteiger partial charge on any atom is -0.497 e. The monoisotopic (exact) mass is 1030 g/mol. The lowest BCUT2D eigenvalue weighted by Gasteiger charge is -2.44. The van der Waals surface area contributed by atoms with Gasteiger partial charge in [0.2, 0.25) is 0 Å². The number of hydrogen-bond donors (Lipinski definition) is 3. The molecule has 2 rings (SSSR count). The van der Waals surface area contributed by atoms with Crippen LogP contribution in [0.15, 0.2) is 72.8 Å². The summed E-state index contributed by atoms with van der Waals surface area (Å²) < 4.78 is 258. The van der Waals surface area contributed by atoms with Gasteiger partial charge in [-0.15, -0.1) is 0 Å². The molecule has 0 saturated heterocycles. The molecule has 68 heavy (non-hydrogen) atoms. The molecule has 0 radical (unpaired) electrons. The Morgan fingerprint density at radius 2 is 1.15 bits per heavy atom. The van der Waals surface area contributed by atoms with Crippen molar-refractivity contribution in [1.82, 2.24) is 5.48 Å². The first-order valence-electron chi connectivity index (χ1n) is 19.9. The number of carbonyl (C=O) groups is 2. The number of anilines is 1. The van der Waals surface area contributed by atoms with Crippen LogP contribution < -0.4 is 20.3 Å². The molecule has 2 aromatic carbocycles. The van der Waals surface area contributed by atoms with Gasteiger partial charge in [-0.05, 0) is 65.5 Å². The minimum atomic E-state index is -8.71. The van der Waals surface area contributed by atoms with Crippen LogP contribution in [0, 0.1) is 5.92 Å². The predicted octanol–water partition coefficient (Wildman–Crippen LogP) is 13.2. The molecule has 0 spiro atoms. The van der Waals surface area contributed by atoms with Crippen LogP contribution in [0.25, 0.3) is 0 Å². The molecule has 0 heterocycles. The van der Waals surface area contributed by atoms with E-state index in [-0.39, 0.29) is 12.2 Å². The quantitative estimate of drug-likeness (QED) is 0.0173. The Hall–Kier alpha value is -4.79. The Kier molecular flexibility index (Phi) is 19.5. The number of ether oxygens (including phenoxy) is 3. The van der Waals surface area contributed by atoms with E-state index in [0.717, 1.165) is 6.08 Å². The van der Waals surface area contributed by atoms with Gasteiger partial charge in [0.25, 0.3) is 5.91 Å². The maximum absolute atomic E-state index is 15.0. The Balaban J connectivity index is 2.30. The van der Waals surface area contributed by atoms with Gasteiger partial charge >= 0.3 is 53.7 Å². The minimum absolute atomic E-state index is 0.115. The van der Waals surface area contributed by atoms with Crippen molar-refractivity contribution < 1.29 is 108 Å². The molecule has 0 fully saturated rings. The van der Waals surface area contributed by atoms with E-state index in [0.29, 0.717) is 17.0 Å². The molecule has 0 unspecified atom stereocenters. The van der Waals surface area contributed by atoms with Gasteiger partial charge in [-0.1, -0.05) is 65.0 Å². The number of benzene rings is 2. The molecule has 0 aromatic heterocycles. The first-order chi connectivity index (χ1) is 31.0. The Morgan fingerprint density at radius 3 is 1.62 bits per heavy atom. The van der Waals surface area contributed by atoms with E-state index in [2.05, 4.69) is 5.32 Å². The topological polar surface area (TPSA) is 115 Å². The Morgan fingerprint density at radius 1 is 0.662 bits per heavy atom. The van der Waals surface area contributed by atoms with Crippen LogP contribution in [0.3, 0.4) is 0 Å².